The Hall–Kier alpha value is -1.69. The summed E-state index contributed by atoms with van der Waals surface area (Å²) in [5, 5.41) is 0. The van der Waals surface area contributed by atoms with Gasteiger partial charge in [-0.25, -0.2) is 9.97 Å². The molecule has 1 amide bonds. The number of carbonyl (C=O) groups excluding carboxylic acids is 1. The van der Waals surface area contributed by atoms with Crippen molar-refractivity contribution in [2.24, 2.45) is 5.92 Å². The fraction of sp³-hybridized carbons (Fsp3) is 0.688. The second kappa shape index (κ2) is 6.60. The Labute approximate surface area is 132 Å². The predicted octanol–water partition coefficient (Wildman–Crippen LogP) is 1.10. The molecule has 0 N–H and O–H groups in total. The zero-order valence-corrected chi connectivity index (χ0v) is 13.5. The van der Waals surface area contributed by atoms with Crippen molar-refractivity contribution in [1.29, 1.82) is 0 Å². The fourth-order valence-electron chi connectivity index (χ4n) is 3.00. The first-order valence-electron chi connectivity index (χ1n) is 8.19. The van der Waals surface area contributed by atoms with Crippen LogP contribution in [0.4, 0.5) is 5.95 Å². The van der Waals surface area contributed by atoms with Crippen LogP contribution in [0.1, 0.15) is 30.3 Å². The third-order valence-electron chi connectivity index (χ3n) is 4.72. The second-order valence-corrected chi connectivity index (χ2v) is 6.51. The van der Waals surface area contributed by atoms with Crippen LogP contribution in [0.5, 0.6) is 0 Å². The van der Waals surface area contributed by atoms with E-state index in [0.29, 0.717) is 11.6 Å². The quantitative estimate of drug-likeness (QED) is 0.819. The number of aromatic nitrogens is 2. The molecule has 3 rings (SSSR count). The van der Waals surface area contributed by atoms with Gasteiger partial charge >= 0.3 is 0 Å². The van der Waals surface area contributed by atoms with E-state index in [4.69, 9.17) is 0 Å². The third kappa shape index (κ3) is 3.38. The minimum Gasteiger partial charge on any atom is -0.338 e. The van der Waals surface area contributed by atoms with E-state index in [1.54, 1.807) is 12.3 Å². The van der Waals surface area contributed by atoms with E-state index >= 15 is 0 Å². The van der Waals surface area contributed by atoms with Gasteiger partial charge in [-0.15, -0.1) is 0 Å². The maximum absolute atomic E-state index is 12.6. The lowest BCUT2D eigenvalue weighted by atomic mass is 9.99. The molecule has 0 unspecified atom stereocenters. The van der Waals surface area contributed by atoms with Crippen molar-refractivity contribution < 1.29 is 4.79 Å². The van der Waals surface area contributed by atoms with Crippen LogP contribution in [0.2, 0.25) is 0 Å². The molecular weight excluding hydrogens is 278 g/mol. The van der Waals surface area contributed by atoms with Crippen molar-refractivity contribution in [3.05, 3.63) is 18.0 Å². The van der Waals surface area contributed by atoms with Gasteiger partial charge in [-0.1, -0.05) is 6.92 Å². The number of hydrogen-bond acceptors (Lipinski definition) is 5. The molecular formula is C16H25N5O. The van der Waals surface area contributed by atoms with Gasteiger partial charge in [-0.3, -0.25) is 4.79 Å². The Morgan fingerprint density at radius 3 is 2.50 bits per heavy atom. The zero-order chi connectivity index (χ0) is 15.5. The maximum atomic E-state index is 12.6. The molecule has 6 nitrogen and oxygen atoms in total. The van der Waals surface area contributed by atoms with Crippen molar-refractivity contribution in [3.8, 4) is 0 Å². The highest BCUT2D eigenvalue weighted by Gasteiger charge is 2.23. The Morgan fingerprint density at radius 1 is 1.14 bits per heavy atom. The molecule has 0 bridgehead atoms. The molecule has 1 aromatic rings. The number of likely N-dealkylation sites (tertiary alicyclic amines) is 1. The van der Waals surface area contributed by atoms with Crippen molar-refractivity contribution in [3.63, 3.8) is 0 Å². The molecule has 120 valence electrons. The van der Waals surface area contributed by atoms with Gasteiger partial charge in [0.15, 0.2) is 0 Å². The van der Waals surface area contributed by atoms with Crippen LogP contribution in [0, 0.1) is 5.92 Å². The molecule has 3 heterocycles. The zero-order valence-electron chi connectivity index (χ0n) is 13.5. The normalized spacial score (nSPS) is 21.2. The standard InChI is InChI=1S/C16H25N5O/c1-13-4-7-20(8-5-13)15(22)14-3-6-17-16(18-14)21-11-9-19(2)10-12-21/h3,6,13H,4-5,7-12H2,1-2H3. The first-order chi connectivity index (χ1) is 10.6. The Morgan fingerprint density at radius 2 is 1.82 bits per heavy atom. The van der Waals surface area contributed by atoms with Crippen molar-refractivity contribution in [2.45, 2.75) is 19.8 Å². The number of piperidine rings is 1. The summed E-state index contributed by atoms with van der Waals surface area (Å²) in [5.41, 5.74) is 0.526. The fourth-order valence-corrected chi connectivity index (χ4v) is 3.00. The lowest BCUT2D eigenvalue weighted by Crippen LogP contribution is -2.45. The van der Waals surface area contributed by atoms with Gasteiger partial charge in [0.25, 0.3) is 5.91 Å². The molecule has 2 fully saturated rings. The SMILES string of the molecule is CC1CCN(C(=O)c2ccnc(N3CCN(C)CC3)n2)CC1. The number of hydrogen-bond donors (Lipinski definition) is 0. The number of likely N-dealkylation sites (N-methyl/N-ethyl adjacent to an activating group) is 1. The average molecular weight is 303 g/mol. The molecule has 0 radical (unpaired) electrons. The van der Waals surface area contributed by atoms with Gasteiger partial charge in [0, 0.05) is 45.5 Å². The second-order valence-electron chi connectivity index (χ2n) is 6.51. The van der Waals surface area contributed by atoms with E-state index < -0.39 is 0 Å². The molecule has 0 aromatic carbocycles. The molecule has 22 heavy (non-hydrogen) atoms. The summed E-state index contributed by atoms with van der Waals surface area (Å²) in [4.78, 5) is 27.9. The Bertz CT molecular complexity index is 519. The number of piperazine rings is 1. The van der Waals surface area contributed by atoms with Crippen molar-refractivity contribution in [2.75, 3.05) is 51.2 Å². The van der Waals surface area contributed by atoms with Gasteiger partial charge in [-0.2, -0.15) is 0 Å². The van der Waals surface area contributed by atoms with Crippen LogP contribution < -0.4 is 4.90 Å². The highest BCUT2D eigenvalue weighted by atomic mass is 16.2. The van der Waals surface area contributed by atoms with E-state index in [-0.39, 0.29) is 5.91 Å². The van der Waals surface area contributed by atoms with Gasteiger partial charge < -0.3 is 14.7 Å². The van der Waals surface area contributed by atoms with Gasteiger partial charge in [0.05, 0.1) is 0 Å². The van der Waals surface area contributed by atoms with Crippen LogP contribution in [-0.4, -0.2) is 72.0 Å². The lowest BCUT2D eigenvalue weighted by Gasteiger charge is -2.33. The number of rotatable bonds is 2. The summed E-state index contributed by atoms with van der Waals surface area (Å²) in [7, 11) is 2.12. The van der Waals surface area contributed by atoms with Crippen molar-refractivity contribution in [1.82, 2.24) is 19.8 Å². The van der Waals surface area contributed by atoms with Crippen LogP contribution in [-0.2, 0) is 0 Å². The topological polar surface area (TPSA) is 52.6 Å². The molecule has 1 aromatic heterocycles. The van der Waals surface area contributed by atoms with Gasteiger partial charge in [-0.05, 0) is 31.9 Å². The molecule has 0 saturated carbocycles. The molecule has 6 heteroatoms. The summed E-state index contributed by atoms with van der Waals surface area (Å²) < 4.78 is 0. The van der Waals surface area contributed by atoms with Gasteiger partial charge in [0.1, 0.15) is 5.69 Å². The highest BCUT2D eigenvalue weighted by molar-refractivity contribution is 5.92. The number of amides is 1. The maximum Gasteiger partial charge on any atom is 0.272 e. The first kappa shape index (κ1) is 15.2. The summed E-state index contributed by atoms with van der Waals surface area (Å²) >= 11 is 0. The van der Waals surface area contributed by atoms with E-state index in [9.17, 15) is 4.79 Å². The van der Waals surface area contributed by atoms with Crippen molar-refractivity contribution >= 4 is 11.9 Å². The van der Waals surface area contributed by atoms with E-state index in [1.165, 1.54) is 0 Å². The third-order valence-corrected chi connectivity index (χ3v) is 4.72. The van der Waals surface area contributed by atoms with Crippen LogP contribution >= 0.6 is 0 Å². The summed E-state index contributed by atoms with van der Waals surface area (Å²) in [6.45, 7) is 7.77. The summed E-state index contributed by atoms with van der Waals surface area (Å²) in [5.74, 6) is 1.45. The average Bonchev–Trinajstić information content (AvgIpc) is 2.56. The van der Waals surface area contributed by atoms with Crippen LogP contribution in [0.25, 0.3) is 0 Å². The molecule has 2 saturated heterocycles. The minimum absolute atomic E-state index is 0.0460. The molecule has 0 aliphatic carbocycles. The number of anilines is 1. The van der Waals surface area contributed by atoms with Gasteiger partial charge in [0.2, 0.25) is 5.95 Å². The van der Waals surface area contributed by atoms with Crippen LogP contribution in [0.3, 0.4) is 0 Å². The molecule has 0 atom stereocenters. The summed E-state index contributed by atoms with van der Waals surface area (Å²) in [6.07, 6.45) is 3.88. The molecule has 2 aliphatic heterocycles. The monoisotopic (exact) mass is 303 g/mol. The first-order valence-corrected chi connectivity index (χ1v) is 8.19. The number of nitrogens with zero attached hydrogens (tertiary/aromatic N) is 5. The van der Waals surface area contributed by atoms with E-state index in [0.717, 1.165) is 58.0 Å². The molecule has 2 aliphatic rings. The summed E-state index contributed by atoms with van der Waals surface area (Å²) in [6, 6.07) is 1.74. The predicted molar refractivity (Wildman–Crippen MR) is 86.0 cm³/mol. The number of carbonyl (C=O) groups is 1. The smallest absolute Gasteiger partial charge is 0.272 e. The van der Waals surface area contributed by atoms with E-state index in [1.807, 2.05) is 4.90 Å². The molecule has 0 spiro atoms. The highest BCUT2D eigenvalue weighted by Crippen LogP contribution is 2.18. The Kier molecular flexibility index (Phi) is 4.57. The minimum atomic E-state index is 0.0460. The lowest BCUT2D eigenvalue weighted by molar-refractivity contribution is 0.0691. The van der Waals surface area contributed by atoms with Crippen LogP contribution in [0.15, 0.2) is 12.3 Å². The largest absolute Gasteiger partial charge is 0.338 e. The van der Waals surface area contributed by atoms with E-state index in [2.05, 4.69) is 33.7 Å². The Balaban J connectivity index is 1.69.